The van der Waals surface area contributed by atoms with Gasteiger partial charge < -0.3 is 10.1 Å². The molecule has 0 aliphatic rings. The van der Waals surface area contributed by atoms with E-state index in [4.69, 9.17) is 4.74 Å². The van der Waals surface area contributed by atoms with Gasteiger partial charge in [0.2, 0.25) is 0 Å². The van der Waals surface area contributed by atoms with E-state index in [0.717, 1.165) is 30.6 Å². The molecule has 5 heteroatoms. The predicted octanol–water partition coefficient (Wildman–Crippen LogP) is 3.05. The van der Waals surface area contributed by atoms with Crippen LogP contribution in [0.3, 0.4) is 0 Å². The van der Waals surface area contributed by atoms with Gasteiger partial charge in [0.05, 0.1) is 10.4 Å². The van der Waals surface area contributed by atoms with Crippen molar-refractivity contribution in [2.75, 3.05) is 26.8 Å². The zero-order chi connectivity index (χ0) is 10.4. The van der Waals surface area contributed by atoms with Crippen LogP contribution in [0.25, 0.3) is 0 Å². The molecule has 80 valence electrons. The van der Waals surface area contributed by atoms with Crippen LogP contribution in [0.15, 0.2) is 14.3 Å². The van der Waals surface area contributed by atoms with Crippen molar-refractivity contribution in [2.45, 2.75) is 6.42 Å². The van der Waals surface area contributed by atoms with E-state index in [0.29, 0.717) is 0 Å². The van der Waals surface area contributed by atoms with Crippen LogP contribution < -0.4 is 5.32 Å². The van der Waals surface area contributed by atoms with Gasteiger partial charge in [-0.3, -0.25) is 0 Å². The zero-order valence-electron chi connectivity index (χ0n) is 7.98. The number of methoxy groups -OCH3 is 1. The molecule has 0 aliphatic carbocycles. The van der Waals surface area contributed by atoms with Gasteiger partial charge in [0.25, 0.3) is 0 Å². The van der Waals surface area contributed by atoms with Gasteiger partial charge in [0.1, 0.15) is 0 Å². The van der Waals surface area contributed by atoms with Crippen LogP contribution in [-0.2, 0) is 11.2 Å². The quantitative estimate of drug-likeness (QED) is 0.802. The molecule has 0 aliphatic heterocycles. The molecule has 0 unspecified atom stereocenters. The van der Waals surface area contributed by atoms with Crippen molar-refractivity contribution in [3.05, 3.63) is 19.2 Å². The number of hydrogen-bond donors (Lipinski definition) is 1. The molecule has 0 radical (unpaired) electrons. The maximum absolute atomic E-state index is 4.94. The van der Waals surface area contributed by atoms with Crippen molar-refractivity contribution in [3.8, 4) is 0 Å². The Bertz CT molecular complexity index is 258. The number of rotatable bonds is 6. The van der Waals surface area contributed by atoms with E-state index in [9.17, 15) is 0 Å². The Hall–Kier alpha value is 0.580. The monoisotopic (exact) mass is 341 g/mol. The van der Waals surface area contributed by atoms with Gasteiger partial charge in [-0.25, -0.2) is 0 Å². The van der Waals surface area contributed by atoms with E-state index in [1.54, 1.807) is 18.4 Å². The second kappa shape index (κ2) is 6.95. The van der Waals surface area contributed by atoms with Gasteiger partial charge in [-0.1, -0.05) is 0 Å². The van der Waals surface area contributed by atoms with Gasteiger partial charge in [-0.15, -0.1) is 11.3 Å². The van der Waals surface area contributed by atoms with Gasteiger partial charge in [0, 0.05) is 29.5 Å². The third kappa shape index (κ3) is 4.40. The van der Waals surface area contributed by atoms with E-state index >= 15 is 0 Å². The number of thiophene rings is 1. The fourth-order valence-electron chi connectivity index (χ4n) is 1.03. The van der Waals surface area contributed by atoms with Crippen LogP contribution in [0, 0.1) is 0 Å². The van der Waals surface area contributed by atoms with Crippen molar-refractivity contribution >= 4 is 43.2 Å². The summed E-state index contributed by atoms with van der Waals surface area (Å²) in [5.41, 5.74) is 0. The summed E-state index contributed by atoms with van der Waals surface area (Å²) >= 11 is 8.73. The minimum atomic E-state index is 0.776. The molecule has 0 saturated heterocycles. The lowest BCUT2D eigenvalue weighted by molar-refractivity contribution is 0.199. The Balaban J connectivity index is 2.18. The van der Waals surface area contributed by atoms with Crippen LogP contribution in [0.2, 0.25) is 0 Å². The SMILES string of the molecule is COCCNCCc1cc(Br)c(Br)s1. The van der Waals surface area contributed by atoms with Crippen LogP contribution in [0.5, 0.6) is 0 Å². The summed E-state index contributed by atoms with van der Waals surface area (Å²) in [6.07, 6.45) is 1.07. The molecule has 0 saturated carbocycles. The van der Waals surface area contributed by atoms with E-state index in [-0.39, 0.29) is 0 Å². The Labute approximate surface area is 105 Å². The standard InChI is InChI=1S/C9H13Br2NOS/c1-13-5-4-12-3-2-7-6-8(10)9(11)14-7/h6,12H,2-5H2,1H3. The number of halogens is 2. The van der Waals surface area contributed by atoms with Crippen molar-refractivity contribution in [3.63, 3.8) is 0 Å². The summed E-state index contributed by atoms with van der Waals surface area (Å²) in [7, 11) is 1.72. The molecule has 0 aromatic carbocycles. The topological polar surface area (TPSA) is 21.3 Å². The van der Waals surface area contributed by atoms with E-state index in [1.807, 2.05) is 0 Å². The van der Waals surface area contributed by atoms with E-state index < -0.39 is 0 Å². The molecule has 0 spiro atoms. The summed E-state index contributed by atoms with van der Waals surface area (Å²) in [5.74, 6) is 0. The van der Waals surface area contributed by atoms with Crippen molar-refractivity contribution in [1.82, 2.24) is 5.32 Å². The van der Waals surface area contributed by atoms with E-state index in [2.05, 4.69) is 43.2 Å². The van der Waals surface area contributed by atoms with Gasteiger partial charge in [-0.2, -0.15) is 0 Å². The molecule has 1 heterocycles. The highest BCUT2D eigenvalue weighted by atomic mass is 79.9. The zero-order valence-corrected chi connectivity index (χ0v) is 12.0. The normalized spacial score (nSPS) is 10.8. The van der Waals surface area contributed by atoms with Crippen molar-refractivity contribution in [2.24, 2.45) is 0 Å². The molecule has 0 atom stereocenters. The maximum Gasteiger partial charge on any atom is 0.0843 e. The first-order valence-electron chi connectivity index (χ1n) is 4.37. The predicted molar refractivity (Wildman–Crippen MR) is 68.2 cm³/mol. The lowest BCUT2D eigenvalue weighted by Crippen LogP contribution is -2.21. The highest BCUT2D eigenvalue weighted by Crippen LogP contribution is 2.32. The number of ether oxygens (including phenoxy) is 1. The highest BCUT2D eigenvalue weighted by molar-refractivity contribution is 9.13. The largest absolute Gasteiger partial charge is 0.383 e. The number of hydrogen-bond acceptors (Lipinski definition) is 3. The lowest BCUT2D eigenvalue weighted by Gasteiger charge is -2.01. The second-order valence-corrected chi connectivity index (χ2v) is 6.14. The summed E-state index contributed by atoms with van der Waals surface area (Å²) in [6.45, 7) is 2.70. The highest BCUT2D eigenvalue weighted by Gasteiger charge is 2.02. The van der Waals surface area contributed by atoms with Gasteiger partial charge in [0.15, 0.2) is 0 Å². The maximum atomic E-state index is 4.94. The van der Waals surface area contributed by atoms with Crippen molar-refractivity contribution in [1.29, 1.82) is 0 Å². The second-order valence-electron chi connectivity index (χ2n) is 2.83. The van der Waals surface area contributed by atoms with Crippen LogP contribution in [-0.4, -0.2) is 26.8 Å². The Morgan fingerprint density at radius 2 is 2.21 bits per heavy atom. The molecule has 2 nitrogen and oxygen atoms in total. The molecular weight excluding hydrogens is 330 g/mol. The summed E-state index contributed by atoms with van der Waals surface area (Å²) in [4.78, 5) is 1.38. The molecule has 1 N–H and O–H groups in total. The first kappa shape index (κ1) is 12.6. The molecule has 14 heavy (non-hydrogen) atoms. The smallest absolute Gasteiger partial charge is 0.0843 e. The Kier molecular flexibility index (Phi) is 6.28. The van der Waals surface area contributed by atoms with Gasteiger partial charge in [-0.05, 0) is 44.3 Å². The fraction of sp³-hybridized carbons (Fsp3) is 0.556. The Morgan fingerprint density at radius 3 is 2.79 bits per heavy atom. The third-order valence-electron chi connectivity index (χ3n) is 1.73. The minimum Gasteiger partial charge on any atom is -0.383 e. The van der Waals surface area contributed by atoms with Crippen LogP contribution in [0.1, 0.15) is 4.88 Å². The van der Waals surface area contributed by atoms with Crippen molar-refractivity contribution < 1.29 is 4.74 Å². The molecule has 1 rings (SSSR count). The number of nitrogens with one attached hydrogen (secondary N) is 1. The average molecular weight is 343 g/mol. The molecule has 0 amide bonds. The fourth-order valence-corrected chi connectivity index (χ4v) is 3.20. The van der Waals surface area contributed by atoms with Crippen LogP contribution >= 0.6 is 43.2 Å². The summed E-state index contributed by atoms with van der Waals surface area (Å²) in [5, 5.41) is 3.31. The van der Waals surface area contributed by atoms with E-state index in [1.165, 1.54) is 8.66 Å². The average Bonchev–Trinajstić information content (AvgIpc) is 2.46. The molecule has 0 bridgehead atoms. The first-order chi connectivity index (χ1) is 6.74. The third-order valence-corrected chi connectivity index (χ3v) is 5.04. The molecule has 1 aromatic rings. The molecule has 1 aromatic heterocycles. The van der Waals surface area contributed by atoms with Gasteiger partial charge >= 0.3 is 0 Å². The Morgan fingerprint density at radius 1 is 1.43 bits per heavy atom. The lowest BCUT2D eigenvalue weighted by atomic mass is 10.3. The summed E-state index contributed by atoms with van der Waals surface area (Å²) < 4.78 is 7.26. The summed E-state index contributed by atoms with van der Waals surface area (Å²) in [6, 6.07) is 2.16. The first-order valence-corrected chi connectivity index (χ1v) is 6.77. The molecular formula is C9H13Br2NOS. The molecule has 0 fully saturated rings. The van der Waals surface area contributed by atoms with Crippen LogP contribution in [0.4, 0.5) is 0 Å². The minimum absolute atomic E-state index is 0.776.